The van der Waals surface area contributed by atoms with Crippen molar-refractivity contribution >= 4 is 55.7 Å². The summed E-state index contributed by atoms with van der Waals surface area (Å²) in [5.41, 5.74) is -0.672. The summed E-state index contributed by atoms with van der Waals surface area (Å²) in [7, 11) is 0. The monoisotopic (exact) mass is 703 g/mol. The fraction of sp³-hybridized carbons (Fsp3) is 0.0645. The third-order valence-electron chi connectivity index (χ3n) is 6.50. The maximum Gasteiger partial charge on any atom is 0.416 e. The number of aromatic nitrogens is 3. The second-order valence-electron chi connectivity index (χ2n) is 9.88. The lowest BCUT2D eigenvalue weighted by atomic mass is 10.1. The molecule has 0 amide bonds. The van der Waals surface area contributed by atoms with E-state index in [9.17, 15) is 35.1 Å². The number of anilines is 4. The Morgan fingerprint density at radius 2 is 1.12 bits per heavy atom. The molecule has 48 heavy (non-hydrogen) atoms. The van der Waals surface area contributed by atoms with Crippen LogP contribution in [0.25, 0.3) is 22.5 Å². The molecule has 0 atom stereocenters. The standard InChI is InChI=1S/C31H17F8N7S2/c32-24-8-7-20(11-22(24)25-14-47-28(43-25)41-18-5-1-3-16(9-18)30(34,35)36)45-46-21-12-23(27(33)40-13-21)26-15-48-29(44-26)42-19-6-2-4-17(10-19)31(37,38)39/h1-15H,(H,41,43)(H,42,44). The summed E-state index contributed by atoms with van der Waals surface area (Å²) >= 11 is 2.10. The predicted molar refractivity (Wildman–Crippen MR) is 166 cm³/mol. The zero-order chi connectivity index (χ0) is 34.1. The van der Waals surface area contributed by atoms with Crippen molar-refractivity contribution in [3.8, 4) is 22.5 Å². The molecule has 6 rings (SSSR count). The number of thiazole rings is 2. The molecule has 7 nitrogen and oxygen atoms in total. The quantitative estimate of drug-likeness (QED) is 0.0936. The number of hydrogen-bond donors (Lipinski definition) is 2. The molecule has 0 fully saturated rings. The van der Waals surface area contributed by atoms with Gasteiger partial charge in [0.1, 0.15) is 11.5 Å². The van der Waals surface area contributed by atoms with E-state index < -0.39 is 35.2 Å². The first-order valence-corrected chi connectivity index (χ1v) is 15.2. The Hall–Kier alpha value is -5.29. The van der Waals surface area contributed by atoms with E-state index in [0.717, 1.165) is 59.2 Å². The highest BCUT2D eigenvalue weighted by atomic mass is 32.1. The van der Waals surface area contributed by atoms with Gasteiger partial charge in [-0.15, -0.1) is 27.8 Å². The van der Waals surface area contributed by atoms with Gasteiger partial charge in [0, 0.05) is 27.7 Å². The molecule has 0 bridgehead atoms. The molecule has 17 heteroatoms. The minimum absolute atomic E-state index is 0.0390. The second kappa shape index (κ2) is 13.1. The molecule has 0 unspecified atom stereocenters. The highest BCUT2D eigenvalue weighted by molar-refractivity contribution is 7.14. The van der Waals surface area contributed by atoms with Gasteiger partial charge in [-0.2, -0.15) is 35.8 Å². The molecule has 6 aromatic rings. The summed E-state index contributed by atoms with van der Waals surface area (Å²) in [6.45, 7) is 0. The van der Waals surface area contributed by atoms with E-state index >= 15 is 0 Å². The molecule has 244 valence electrons. The van der Waals surface area contributed by atoms with Crippen LogP contribution in [0.3, 0.4) is 0 Å². The number of hydrogen-bond acceptors (Lipinski definition) is 9. The average molecular weight is 704 g/mol. The lowest BCUT2D eigenvalue weighted by molar-refractivity contribution is -0.138. The largest absolute Gasteiger partial charge is 0.416 e. The van der Waals surface area contributed by atoms with Crippen LogP contribution in [0.5, 0.6) is 0 Å². The normalized spacial score (nSPS) is 12.1. The van der Waals surface area contributed by atoms with Crippen LogP contribution >= 0.6 is 22.7 Å². The number of nitrogens with zero attached hydrogens (tertiary/aromatic N) is 5. The van der Waals surface area contributed by atoms with Crippen LogP contribution in [0.4, 0.5) is 68.1 Å². The van der Waals surface area contributed by atoms with Crippen molar-refractivity contribution in [1.82, 2.24) is 15.0 Å². The maximum atomic E-state index is 14.8. The number of alkyl halides is 6. The molecule has 2 N–H and O–H groups in total. The van der Waals surface area contributed by atoms with Crippen LogP contribution in [0.2, 0.25) is 0 Å². The third-order valence-corrected chi connectivity index (χ3v) is 8.01. The van der Waals surface area contributed by atoms with Gasteiger partial charge in [-0.3, -0.25) is 0 Å². The van der Waals surface area contributed by atoms with Crippen LogP contribution in [0, 0.1) is 11.8 Å². The summed E-state index contributed by atoms with van der Waals surface area (Å²) in [5.74, 6) is -1.50. The molecule has 0 saturated carbocycles. The Bertz CT molecular complexity index is 1970. The van der Waals surface area contributed by atoms with Gasteiger partial charge in [0.2, 0.25) is 5.95 Å². The molecule has 0 saturated heterocycles. The van der Waals surface area contributed by atoms with E-state index in [-0.39, 0.29) is 55.5 Å². The molecule has 0 radical (unpaired) electrons. The van der Waals surface area contributed by atoms with Crippen LogP contribution in [0.15, 0.2) is 100.0 Å². The van der Waals surface area contributed by atoms with E-state index in [4.69, 9.17) is 0 Å². The van der Waals surface area contributed by atoms with E-state index in [1.807, 2.05) is 0 Å². The molecule has 3 aromatic carbocycles. The number of halogens is 8. The summed E-state index contributed by atoms with van der Waals surface area (Å²) in [6.07, 6.45) is -7.92. The molecule has 0 spiro atoms. The molecular weight excluding hydrogens is 687 g/mol. The molecular formula is C31H17F8N7S2. The lowest BCUT2D eigenvalue weighted by Gasteiger charge is -2.09. The first-order chi connectivity index (χ1) is 22.8. The Kier molecular flexibility index (Phi) is 8.89. The smallest absolute Gasteiger partial charge is 0.332 e. The fourth-order valence-electron chi connectivity index (χ4n) is 4.26. The average Bonchev–Trinajstić information content (AvgIpc) is 3.70. The fourth-order valence-corrected chi connectivity index (χ4v) is 5.72. The van der Waals surface area contributed by atoms with Gasteiger partial charge in [0.25, 0.3) is 0 Å². The number of azo groups is 1. The summed E-state index contributed by atoms with van der Waals surface area (Å²) in [5, 5.41) is 17.2. The Balaban J connectivity index is 1.18. The third kappa shape index (κ3) is 7.63. The van der Waals surface area contributed by atoms with Gasteiger partial charge >= 0.3 is 12.4 Å². The van der Waals surface area contributed by atoms with Crippen LogP contribution < -0.4 is 10.6 Å². The van der Waals surface area contributed by atoms with E-state index in [2.05, 4.69) is 35.8 Å². The van der Waals surface area contributed by atoms with Crippen molar-refractivity contribution in [2.24, 2.45) is 10.2 Å². The Morgan fingerprint density at radius 1 is 0.604 bits per heavy atom. The van der Waals surface area contributed by atoms with Crippen molar-refractivity contribution in [2.45, 2.75) is 12.4 Å². The van der Waals surface area contributed by atoms with E-state index in [0.29, 0.717) is 0 Å². The van der Waals surface area contributed by atoms with Gasteiger partial charge in [0.05, 0.1) is 40.0 Å². The number of pyridine rings is 1. The zero-order valence-electron chi connectivity index (χ0n) is 23.7. The van der Waals surface area contributed by atoms with Crippen molar-refractivity contribution < 1.29 is 35.1 Å². The van der Waals surface area contributed by atoms with Crippen molar-refractivity contribution in [1.29, 1.82) is 0 Å². The lowest BCUT2D eigenvalue weighted by Crippen LogP contribution is -2.05. The van der Waals surface area contributed by atoms with Gasteiger partial charge in [-0.1, -0.05) is 12.1 Å². The molecule has 3 heterocycles. The van der Waals surface area contributed by atoms with Crippen molar-refractivity contribution in [2.75, 3.05) is 10.6 Å². The van der Waals surface area contributed by atoms with Gasteiger partial charge in [0.15, 0.2) is 10.3 Å². The van der Waals surface area contributed by atoms with E-state index in [1.165, 1.54) is 53.2 Å². The second-order valence-corrected chi connectivity index (χ2v) is 11.6. The minimum Gasteiger partial charge on any atom is -0.332 e. The zero-order valence-corrected chi connectivity index (χ0v) is 25.4. The van der Waals surface area contributed by atoms with E-state index in [1.54, 1.807) is 0 Å². The minimum atomic E-state index is -4.52. The Labute approximate surface area is 273 Å². The number of nitrogens with one attached hydrogen (secondary N) is 2. The summed E-state index contributed by atoms with van der Waals surface area (Å²) in [6, 6.07) is 14.3. The van der Waals surface area contributed by atoms with Gasteiger partial charge in [-0.05, 0) is 60.7 Å². The molecule has 0 aliphatic rings. The van der Waals surface area contributed by atoms with Crippen molar-refractivity contribution in [3.63, 3.8) is 0 Å². The van der Waals surface area contributed by atoms with Crippen molar-refractivity contribution in [3.05, 3.63) is 113 Å². The highest BCUT2D eigenvalue weighted by Crippen LogP contribution is 2.36. The van der Waals surface area contributed by atoms with Gasteiger partial charge < -0.3 is 10.6 Å². The SMILES string of the molecule is Fc1ccc(N=Nc2cnc(F)c(-c3csc(Nc4cccc(C(F)(F)F)c4)n3)c2)cc1-c1csc(Nc2cccc(C(F)(F)F)c2)n1. The number of rotatable bonds is 8. The Morgan fingerprint density at radius 3 is 1.69 bits per heavy atom. The summed E-state index contributed by atoms with van der Waals surface area (Å²) in [4.78, 5) is 12.2. The summed E-state index contributed by atoms with van der Waals surface area (Å²) < 4.78 is 108. The van der Waals surface area contributed by atoms with Gasteiger partial charge in [-0.25, -0.2) is 19.3 Å². The maximum absolute atomic E-state index is 14.8. The first kappa shape index (κ1) is 32.6. The molecule has 0 aliphatic heterocycles. The predicted octanol–water partition coefficient (Wildman–Crippen LogP) is 11.5. The molecule has 3 aromatic heterocycles. The molecule has 0 aliphatic carbocycles. The van der Waals surface area contributed by atoms with Crippen LogP contribution in [-0.2, 0) is 12.4 Å². The topological polar surface area (TPSA) is 87.5 Å². The number of benzene rings is 3. The van der Waals surface area contributed by atoms with Crippen LogP contribution in [0.1, 0.15) is 11.1 Å². The highest BCUT2D eigenvalue weighted by Gasteiger charge is 2.31. The first-order valence-electron chi connectivity index (χ1n) is 13.5. The van der Waals surface area contributed by atoms with Crippen LogP contribution in [-0.4, -0.2) is 15.0 Å².